The molecule has 0 bridgehead atoms. The lowest BCUT2D eigenvalue weighted by atomic mass is 9.84. The third kappa shape index (κ3) is 8.12. The fraction of sp³-hybridized carbons (Fsp3) is 0.529. The highest BCUT2D eigenvalue weighted by molar-refractivity contribution is 5.88. The summed E-state index contributed by atoms with van der Waals surface area (Å²) in [4.78, 5) is 21.6. The van der Waals surface area contributed by atoms with E-state index in [4.69, 9.17) is 0 Å². The Morgan fingerprint density at radius 3 is 2.14 bits per heavy atom. The van der Waals surface area contributed by atoms with Crippen LogP contribution in [0.15, 0.2) is 37.0 Å². The first-order valence-electron chi connectivity index (χ1n) is 7.14. The number of carbonyl (C=O) groups is 2. The Balaban J connectivity index is 0.000000400. The van der Waals surface area contributed by atoms with Crippen molar-refractivity contribution in [2.45, 2.75) is 39.0 Å². The number of esters is 2. The van der Waals surface area contributed by atoms with Crippen LogP contribution < -0.4 is 0 Å². The molecule has 0 aliphatic heterocycles. The van der Waals surface area contributed by atoms with Crippen molar-refractivity contribution < 1.29 is 19.1 Å². The van der Waals surface area contributed by atoms with Crippen LogP contribution in [0.1, 0.15) is 39.0 Å². The summed E-state index contributed by atoms with van der Waals surface area (Å²) < 4.78 is 9.22. The topological polar surface area (TPSA) is 52.6 Å². The van der Waals surface area contributed by atoms with Gasteiger partial charge < -0.3 is 9.47 Å². The predicted octanol–water partition coefficient (Wildman–Crippen LogP) is 3.59. The molecule has 1 aliphatic rings. The van der Waals surface area contributed by atoms with Gasteiger partial charge in [0.15, 0.2) is 0 Å². The second-order valence-corrected chi connectivity index (χ2v) is 5.02. The highest BCUT2D eigenvalue weighted by atomic mass is 16.5. The summed E-state index contributed by atoms with van der Waals surface area (Å²) in [6.07, 6.45) is 7.47. The fourth-order valence-electron chi connectivity index (χ4n) is 2.01. The van der Waals surface area contributed by atoms with E-state index < -0.39 is 0 Å². The van der Waals surface area contributed by atoms with Crippen molar-refractivity contribution >= 4 is 11.9 Å². The van der Waals surface area contributed by atoms with Gasteiger partial charge in [0.1, 0.15) is 6.61 Å². The predicted molar refractivity (Wildman–Crippen MR) is 83.7 cm³/mol. The van der Waals surface area contributed by atoms with E-state index in [9.17, 15) is 9.59 Å². The van der Waals surface area contributed by atoms with E-state index >= 15 is 0 Å². The summed E-state index contributed by atoms with van der Waals surface area (Å²) in [6.45, 7) is 12.4. The molecule has 4 nitrogen and oxygen atoms in total. The van der Waals surface area contributed by atoms with Gasteiger partial charge in [0.25, 0.3) is 0 Å². The van der Waals surface area contributed by atoms with Gasteiger partial charge in [0.2, 0.25) is 0 Å². The van der Waals surface area contributed by atoms with Crippen molar-refractivity contribution in [2.24, 2.45) is 5.92 Å². The number of carbonyl (C=O) groups excluding carboxylic acids is 2. The average Bonchev–Trinajstić information content (AvgIpc) is 2.52. The van der Waals surface area contributed by atoms with Crippen molar-refractivity contribution in [3.8, 4) is 0 Å². The minimum atomic E-state index is -0.366. The van der Waals surface area contributed by atoms with E-state index in [-0.39, 0.29) is 18.5 Å². The van der Waals surface area contributed by atoms with Crippen LogP contribution in [-0.2, 0) is 19.1 Å². The summed E-state index contributed by atoms with van der Waals surface area (Å²) in [5.41, 5.74) is 1.08. The Hall–Kier alpha value is -1.84. The SMILES string of the molecule is C=C(C(=O)OC)C1CCCCC1.C=CCOC(=O)C(=C)C. The van der Waals surface area contributed by atoms with Crippen LogP contribution in [0.25, 0.3) is 0 Å². The van der Waals surface area contributed by atoms with Crippen molar-refractivity contribution in [1.29, 1.82) is 0 Å². The molecule has 0 unspecified atom stereocenters. The van der Waals surface area contributed by atoms with Gasteiger partial charge in [-0.1, -0.05) is 45.1 Å². The molecule has 1 saturated carbocycles. The summed E-state index contributed by atoms with van der Waals surface area (Å²) in [6, 6.07) is 0. The van der Waals surface area contributed by atoms with Crippen LogP contribution in [0.4, 0.5) is 0 Å². The maximum Gasteiger partial charge on any atom is 0.333 e. The maximum absolute atomic E-state index is 11.1. The third-order valence-electron chi connectivity index (χ3n) is 3.23. The molecule has 0 saturated heterocycles. The van der Waals surface area contributed by atoms with Gasteiger partial charge in [-0.3, -0.25) is 0 Å². The molecule has 118 valence electrons. The summed E-state index contributed by atoms with van der Waals surface area (Å²) in [5.74, 6) is -0.219. The quantitative estimate of drug-likeness (QED) is 0.442. The van der Waals surface area contributed by atoms with Crippen LogP contribution in [0, 0.1) is 5.92 Å². The molecule has 4 heteroatoms. The van der Waals surface area contributed by atoms with E-state index in [1.807, 2.05) is 0 Å². The zero-order chi connectivity index (χ0) is 16.3. The number of rotatable bonds is 5. The van der Waals surface area contributed by atoms with Crippen LogP contribution in [0.5, 0.6) is 0 Å². The zero-order valence-electron chi connectivity index (χ0n) is 13.2. The average molecular weight is 294 g/mol. The second-order valence-electron chi connectivity index (χ2n) is 5.02. The highest BCUT2D eigenvalue weighted by Gasteiger charge is 2.21. The summed E-state index contributed by atoms with van der Waals surface area (Å²) in [5, 5.41) is 0. The molecule has 0 N–H and O–H groups in total. The van der Waals surface area contributed by atoms with E-state index in [0.717, 1.165) is 12.8 Å². The van der Waals surface area contributed by atoms with Gasteiger partial charge in [-0.05, 0) is 25.7 Å². The Morgan fingerprint density at radius 1 is 1.14 bits per heavy atom. The Bertz CT molecular complexity index is 390. The lowest BCUT2D eigenvalue weighted by Crippen LogP contribution is -2.16. The zero-order valence-corrected chi connectivity index (χ0v) is 13.2. The second kappa shape index (κ2) is 10.9. The first-order chi connectivity index (χ1) is 9.93. The molecule has 0 atom stereocenters. The molecular weight excluding hydrogens is 268 g/mol. The van der Waals surface area contributed by atoms with E-state index in [1.165, 1.54) is 32.4 Å². The molecule has 0 heterocycles. The molecule has 0 radical (unpaired) electrons. The minimum absolute atomic E-state index is 0.234. The third-order valence-corrected chi connectivity index (χ3v) is 3.23. The molecular formula is C17H26O4. The first kappa shape index (κ1) is 19.2. The molecule has 0 amide bonds. The molecule has 0 aromatic carbocycles. The van der Waals surface area contributed by atoms with Gasteiger partial charge in [-0.2, -0.15) is 0 Å². The Labute approximate surface area is 127 Å². The highest BCUT2D eigenvalue weighted by Crippen LogP contribution is 2.29. The lowest BCUT2D eigenvalue weighted by molar-refractivity contribution is -0.138. The number of methoxy groups -OCH3 is 1. The molecule has 1 rings (SSSR count). The van der Waals surface area contributed by atoms with Crippen LogP contribution in [-0.4, -0.2) is 25.7 Å². The fourth-order valence-corrected chi connectivity index (χ4v) is 2.01. The largest absolute Gasteiger partial charge is 0.466 e. The Kier molecular flexibility index (Phi) is 9.94. The van der Waals surface area contributed by atoms with E-state index in [0.29, 0.717) is 17.1 Å². The van der Waals surface area contributed by atoms with E-state index in [1.54, 1.807) is 6.92 Å². The van der Waals surface area contributed by atoms with Crippen LogP contribution >= 0.6 is 0 Å². The molecule has 0 aromatic rings. The smallest absolute Gasteiger partial charge is 0.333 e. The standard InChI is InChI=1S/C10H16O2.C7H10O2/c1-8(10(11)12-2)9-6-4-3-5-7-9;1-4-5-9-7(8)6(2)3/h9H,1,3-7H2,2H3;4H,1-2,5H2,3H3. The van der Waals surface area contributed by atoms with E-state index in [2.05, 4.69) is 29.2 Å². The monoisotopic (exact) mass is 294 g/mol. The first-order valence-corrected chi connectivity index (χ1v) is 7.14. The minimum Gasteiger partial charge on any atom is -0.466 e. The van der Waals surface area contributed by atoms with Crippen molar-refractivity contribution in [3.05, 3.63) is 37.0 Å². The number of hydrogen-bond acceptors (Lipinski definition) is 4. The van der Waals surface area contributed by atoms with Crippen molar-refractivity contribution in [3.63, 3.8) is 0 Å². The molecule has 21 heavy (non-hydrogen) atoms. The van der Waals surface area contributed by atoms with Crippen LogP contribution in [0.2, 0.25) is 0 Å². The molecule has 1 aliphatic carbocycles. The van der Waals surface area contributed by atoms with Crippen molar-refractivity contribution in [1.82, 2.24) is 0 Å². The molecule has 1 fully saturated rings. The van der Waals surface area contributed by atoms with Gasteiger partial charge in [-0.25, -0.2) is 9.59 Å². The van der Waals surface area contributed by atoms with Gasteiger partial charge in [0.05, 0.1) is 7.11 Å². The molecule has 0 spiro atoms. The van der Waals surface area contributed by atoms with Gasteiger partial charge in [-0.15, -0.1) is 0 Å². The normalized spacial score (nSPS) is 14.2. The number of hydrogen-bond donors (Lipinski definition) is 0. The number of ether oxygens (including phenoxy) is 2. The summed E-state index contributed by atoms with van der Waals surface area (Å²) in [7, 11) is 1.41. The maximum atomic E-state index is 11.1. The lowest BCUT2D eigenvalue weighted by Gasteiger charge is -2.21. The molecule has 0 aromatic heterocycles. The van der Waals surface area contributed by atoms with Crippen molar-refractivity contribution in [2.75, 3.05) is 13.7 Å². The van der Waals surface area contributed by atoms with Crippen LogP contribution in [0.3, 0.4) is 0 Å². The Morgan fingerprint density at radius 2 is 1.71 bits per heavy atom. The van der Waals surface area contributed by atoms with Gasteiger partial charge >= 0.3 is 11.9 Å². The summed E-state index contributed by atoms with van der Waals surface area (Å²) >= 11 is 0. The van der Waals surface area contributed by atoms with Gasteiger partial charge in [0, 0.05) is 11.1 Å².